The molecule has 0 aromatic heterocycles. The van der Waals surface area contributed by atoms with Crippen LogP contribution in [0.2, 0.25) is 0 Å². The van der Waals surface area contributed by atoms with Gasteiger partial charge in [0.2, 0.25) is 0 Å². The van der Waals surface area contributed by atoms with E-state index in [9.17, 15) is 0 Å². The van der Waals surface area contributed by atoms with Crippen LogP contribution in [0.3, 0.4) is 0 Å². The highest BCUT2D eigenvalue weighted by Crippen LogP contribution is 2.45. The second-order valence-electron chi connectivity index (χ2n) is 8.68. The zero-order valence-electron chi connectivity index (χ0n) is 16.5. The molecule has 1 nitrogen and oxygen atoms in total. The maximum Gasteiger partial charge on any atom is -0.00745 e. The van der Waals surface area contributed by atoms with E-state index >= 15 is 0 Å². The molecular weight excluding hydrogens is 290 g/mol. The van der Waals surface area contributed by atoms with Crippen LogP contribution in [0.15, 0.2) is 12.2 Å². The summed E-state index contributed by atoms with van der Waals surface area (Å²) in [6, 6.07) is 0. The first-order valence-corrected chi connectivity index (χ1v) is 11.1. The number of rotatable bonds is 7. The molecular formula is C23H43N. The highest BCUT2D eigenvalue weighted by molar-refractivity contribution is 4.97. The van der Waals surface area contributed by atoms with Gasteiger partial charge in [0.25, 0.3) is 0 Å². The van der Waals surface area contributed by atoms with Crippen molar-refractivity contribution in [2.75, 3.05) is 6.54 Å². The largest absolute Gasteiger partial charge is 0.330 e. The molecule has 1 saturated carbocycles. The van der Waals surface area contributed by atoms with Crippen molar-refractivity contribution in [3.63, 3.8) is 0 Å². The standard InChI is InChI=1S/C23H43N/c1-3-4-5-7-14-21-19(2)12-10-11-13-20(17-18-24)22-15-8-6-9-16-23(21)22/h10,12,19-23H,3-9,11,13-18,24H2,1-2H3/b12-10-/t19-,20?,21-,22+,23?/m0/s1. The number of hydrogen-bond donors (Lipinski definition) is 1. The first-order valence-electron chi connectivity index (χ1n) is 11.1. The van der Waals surface area contributed by atoms with E-state index in [4.69, 9.17) is 5.73 Å². The van der Waals surface area contributed by atoms with Crippen molar-refractivity contribution in [3.8, 4) is 0 Å². The van der Waals surface area contributed by atoms with Crippen LogP contribution in [-0.4, -0.2) is 6.54 Å². The van der Waals surface area contributed by atoms with E-state index in [0.717, 1.165) is 36.1 Å². The molecule has 1 heteroatoms. The summed E-state index contributed by atoms with van der Waals surface area (Å²) in [4.78, 5) is 0. The normalized spacial score (nSPS) is 36.0. The van der Waals surface area contributed by atoms with Gasteiger partial charge in [0.15, 0.2) is 0 Å². The van der Waals surface area contributed by atoms with Gasteiger partial charge in [0, 0.05) is 0 Å². The molecule has 24 heavy (non-hydrogen) atoms. The number of allylic oxidation sites excluding steroid dienone is 2. The number of nitrogens with two attached hydrogens (primary N) is 1. The Labute approximate surface area is 151 Å². The minimum atomic E-state index is 0.772. The van der Waals surface area contributed by atoms with Crippen molar-refractivity contribution < 1.29 is 0 Å². The summed E-state index contributed by atoms with van der Waals surface area (Å²) in [5, 5.41) is 0. The molecule has 0 amide bonds. The van der Waals surface area contributed by atoms with Gasteiger partial charge in [0.05, 0.1) is 0 Å². The predicted molar refractivity (Wildman–Crippen MR) is 107 cm³/mol. The van der Waals surface area contributed by atoms with Crippen LogP contribution in [0, 0.1) is 29.6 Å². The van der Waals surface area contributed by atoms with Crippen LogP contribution in [0.1, 0.15) is 97.3 Å². The molecule has 1 fully saturated rings. The zero-order chi connectivity index (χ0) is 17.2. The molecule has 0 aromatic rings. The van der Waals surface area contributed by atoms with Crippen molar-refractivity contribution >= 4 is 0 Å². The summed E-state index contributed by atoms with van der Waals surface area (Å²) in [5.41, 5.74) is 6.01. The van der Waals surface area contributed by atoms with Crippen LogP contribution in [0.25, 0.3) is 0 Å². The van der Waals surface area contributed by atoms with Crippen LogP contribution in [-0.2, 0) is 0 Å². The molecule has 0 saturated heterocycles. The van der Waals surface area contributed by atoms with E-state index < -0.39 is 0 Å². The molecule has 140 valence electrons. The Bertz CT molecular complexity index is 348. The Morgan fingerprint density at radius 2 is 1.71 bits per heavy atom. The lowest BCUT2D eigenvalue weighted by molar-refractivity contribution is 0.112. The van der Waals surface area contributed by atoms with Crippen molar-refractivity contribution in [3.05, 3.63) is 12.2 Å². The number of hydrogen-bond acceptors (Lipinski definition) is 1. The van der Waals surface area contributed by atoms with Crippen molar-refractivity contribution in [1.29, 1.82) is 0 Å². The first-order chi connectivity index (χ1) is 11.8. The summed E-state index contributed by atoms with van der Waals surface area (Å²) in [6.45, 7) is 5.71. The summed E-state index contributed by atoms with van der Waals surface area (Å²) in [7, 11) is 0. The van der Waals surface area contributed by atoms with Crippen LogP contribution >= 0.6 is 0 Å². The van der Waals surface area contributed by atoms with E-state index in [0.29, 0.717) is 0 Å². The average Bonchev–Trinajstić information content (AvgIpc) is 2.80. The highest BCUT2D eigenvalue weighted by atomic mass is 14.5. The minimum Gasteiger partial charge on any atom is -0.330 e. The third kappa shape index (κ3) is 5.90. The Morgan fingerprint density at radius 1 is 0.917 bits per heavy atom. The molecule has 2 N–H and O–H groups in total. The SMILES string of the molecule is CCCCCC[C@@H]1C2CCCCC[C@@H]2C(CCN)CC/C=C\[C@@H]1C. The van der Waals surface area contributed by atoms with Gasteiger partial charge >= 0.3 is 0 Å². The monoisotopic (exact) mass is 333 g/mol. The maximum absolute atomic E-state index is 6.01. The topological polar surface area (TPSA) is 26.0 Å². The van der Waals surface area contributed by atoms with Crippen LogP contribution < -0.4 is 5.73 Å². The van der Waals surface area contributed by atoms with Gasteiger partial charge in [-0.2, -0.15) is 0 Å². The molecule has 0 aliphatic heterocycles. The molecule has 0 aromatic carbocycles. The Kier molecular flexibility index (Phi) is 9.46. The molecule has 2 rings (SSSR count). The molecule has 5 atom stereocenters. The number of unbranched alkanes of at least 4 members (excludes halogenated alkanes) is 3. The van der Waals surface area contributed by atoms with Crippen molar-refractivity contribution in [2.24, 2.45) is 35.3 Å². The van der Waals surface area contributed by atoms with E-state index in [1.807, 2.05) is 0 Å². The van der Waals surface area contributed by atoms with Gasteiger partial charge in [-0.05, 0) is 74.7 Å². The highest BCUT2D eigenvalue weighted by Gasteiger charge is 2.36. The van der Waals surface area contributed by atoms with Crippen molar-refractivity contribution in [2.45, 2.75) is 97.3 Å². The van der Waals surface area contributed by atoms with Gasteiger partial charge in [-0.15, -0.1) is 0 Å². The molecule has 0 radical (unpaired) electrons. The third-order valence-corrected chi connectivity index (χ3v) is 7.03. The predicted octanol–water partition coefficient (Wildman–Crippen LogP) is 6.72. The maximum atomic E-state index is 6.01. The summed E-state index contributed by atoms with van der Waals surface area (Å²) < 4.78 is 0. The van der Waals surface area contributed by atoms with E-state index in [1.165, 1.54) is 83.5 Å². The fraction of sp³-hybridized carbons (Fsp3) is 0.913. The lowest BCUT2D eigenvalue weighted by atomic mass is 9.66. The first kappa shape index (κ1) is 20.0. The summed E-state index contributed by atoms with van der Waals surface area (Å²) >= 11 is 0. The summed E-state index contributed by atoms with van der Waals surface area (Å²) in [5.74, 6) is 4.48. The Hall–Kier alpha value is -0.300. The van der Waals surface area contributed by atoms with E-state index in [1.54, 1.807) is 0 Å². The third-order valence-electron chi connectivity index (χ3n) is 7.03. The fourth-order valence-corrected chi connectivity index (χ4v) is 5.71. The Morgan fingerprint density at radius 3 is 2.46 bits per heavy atom. The molecule has 2 aliphatic carbocycles. The minimum absolute atomic E-state index is 0.772. The van der Waals surface area contributed by atoms with Gasteiger partial charge < -0.3 is 5.73 Å². The molecule has 0 spiro atoms. The van der Waals surface area contributed by atoms with Crippen molar-refractivity contribution in [1.82, 2.24) is 0 Å². The quantitative estimate of drug-likeness (QED) is 0.406. The molecule has 2 unspecified atom stereocenters. The molecule has 0 heterocycles. The Balaban J connectivity index is 2.15. The van der Waals surface area contributed by atoms with Crippen LogP contribution in [0.5, 0.6) is 0 Å². The van der Waals surface area contributed by atoms with Gasteiger partial charge in [-0.1, -0.05) is 70.9 Å². The number of fused-ring (bicyclic) bond motifs is 1. The second-order valence-corrected chi connectivity index (χ2v) is 8.68. The van der Waals surface area contributed by atoms with Gasteiger partial charge in [-0.25, -0.2) is 0 Å². The summed E-state index contributed by atoms with van der Waals surface area (Å²) in [6.07, 6.45) is 23.5. The lowest BCUT2D eigenvalue weighted by Gasteiger charge is -2.39. The lowest BCUT2D eigenvalue weighted by Crippen LogP contribution is -2.32. The van der Waals surface area contributed by atoms with E-state index in [-0.39, 0.29) is 0 Å². The molecule has 2 aliphatic rings. The smallest absolute Gasteiger partial charge is 0.00745 e. The van der Waals surface area contributed by atoms with E-state index in [2.05, 4.69) is 26.0 Å². The molecule has 0 bridgehead atoms. The van der Waals surface area contributed by atoms with Crippen LogP contribution in [0.4, 0.5) is 0 Å². The second kappa shape index (κ2) is 11.3. The van der Waals surface area contributed by atoms with Gasteiger partial charge in [0.1, 0.15) is 0 Å². The average molecular weight is 334 g/mol. The van der Waals surface area contributed by atoms with Gasteiger partial charge in [-0.3, -0.25) is 0 Å². The zero-order valence-corrected chi connectivity index (χ0v) is 16.5. The fourth-order valence-electron chi connectivity index (χ4n) is 5.71.